The fourth-order valence-electron chi connectivity index (χ4n) is 13.7. The van der Waals surface area contributed by atoms with Gasteiger partial charge in [0.15, 0.2) is 0 Å². The van der Waals surface area contributed by atoms with E-state index in [1.165, 1.54) is 147 Å². The lowest BCUT2D eigenvalue weighted by Crippen LogP contribution is -2.30. The summed E-state index contributed by atoms with van der Waals surface area (Å²) >= 11 is 20.8. The molecular weight excluding hydrogens is 2340 g/mol. The van der Waals surface area contributed by atoms with E-state index >= 15 is 0 Å². The lowest BCUT2D eigenvalue weighted by atomic mass is 10.0. The summed E-state index contributed by atoms with van der Waals surface area (Å²) < 4.78 is 285. The molecule has 13 aromatic rings. The molecule has 0 aliphatic carbocycles. The second-order valence-corrected chi connectivity index (χ2v) is 49.1. The molecule has 29 nitrogen and oxygen atoms in total. The summed E-state index contributed by atoms with van der Waals surface area (Å²) in [6.45, 7) is -0.322. The number of carboxylic acid groups (broad SMARTS) is 1. The SMILES string of the molecule is COC(=O)c1ccc(CN(Cc2ccc(C(F)(F)P(=O)(O)O)c(Br)c2)S(=O)(=O)c2ccccc2)cc1.O=C(O)c1ccc(CN(Cc2ccc(C(F)(F)P(=O)(O)O)c(Br)c2)S(=O)(=O)c2ccccc2)cc1.O=P(O)(O)C(F)(F)c1ccc(CN(Cc2ccc(-c3ccccc3)cc2)Cc2ccc(C(F)(F)P(=O)(O)O)cc2)cc1.O=P(O)(O)C(F)(F)c1ccc(CN(c2ccc(Cl)c(Cl)c2)S(=O)(=O)c2ccccc2)cc1Br. The van der Waals surface area contributed by atoms with Gasteiger partial charge in [-0.05, 0) is 153 Å². The fraction of sp³-hybridized carbons (Fsp3) is 0.149. The van der Waals surface area contributed by atoms with Gasteiger partial charge < -0.3 is 58.8 Å². The third-order valence-corrected chi connectivity index (χ3v) is 34.4. The van der Waals surface area contributed by atoms with Crippen LogP contribution in [0.5, 0.6) is 0 Å². The van der Waals surface area contributed by atoms with Crippen molar-refractivity contribution in [3.05, 3.63) is 422 Å². The zero-order valence-corrected chi connectivity index (χ0v) is 87.9. The van der Waals surface area contributed by atoms with Gasteiger partial charge in [-0.15, -0.1) is 0 Å². The Morgan fingerprint density at radius 1 is 0.315 bits per heavy atom. The van der Waals surface area contributed by atoms with Crippen LogP contribution in [0.3, 0.4) is 0 Å². The van der Waals surface area contributed by atoms with E-state index < -0.39 is 136 Å². The molecular formula is C94H82Br3Cl2F10N4O25P5S3. The van der Waals surface area contributed by atoms with Crippen LogP contribution in [0.1, 0.15) is 93.0 Å². The largest absolute Gasteiger partial charge is 0.478 e. The molecule has 0 bridgehead atoms. The van der Waals surface area contributed by atoms with Crippen LogP contribution in [-0.2, 0) is 138 Å². The number of carboxylic acids is 1. The number of nitrogens with zero attached hydrogens (tertiary/aromatic N) is 4. The molecule has 52 heteroatoms. The number of carbonyl (C=O) groups is 2. The van der Waals surface area contributed by atoms with Gasteiger partial charge in [-0.3, -0.25) is 32.0 Å². The van der Waals surface area contributed by atoms with Gasteiger partial charge in [-0.1, -0.05) is 289 Å². The molecule has 776 valence electrons. The minimum absolute atomic E-state index is 0.00845. The summed E-state index contributed by atoms with van der Waals surface area (Å²) in [5.41, 5.74) is -20.1. The van der Waals surface area contributed by atoms with Crippen molar-refractivity contribution in [3.63, 3.8) is 0 Å². The molecule has 0 atom stereocenters. The van der Waals surface area contributed by atoms with Crippen molar-refractivity contribution >= 4 is 157 Å². The molecule has 0 unspecified atom stereocenters. The van der Waals surface area contributed by atoms with Crippen molar-refractivity contribution in [2.45, 2.75) is 95.4 Å². The number of methoxy groups -OCH3 is 1. The average Bonchev–Trinajstić information content (AvgIpc) is 0.769. The summed E-state index contributed by atoms with van der Waals surface area (Å²) in [6.07, 6.45) is 0. The van der Waals surface area contributed by atoms with Crippen LogP contribution in [0, 0.1) is 0 Å². The number of benzene rings is 13. The molecule has 0 aliphatic rings. The molecule has 0 heterocycles. The minimum atomic E-state index is -5.80. The summed E-state index contributed by atoms with van der Waals surface area (Å²) in [4.78, 5) is 115. The molecule has 0 spiro atoms. The first-order chi connectivity index (χ1) is 67.8. The summed E-state index contributed by atoms with van der Waals surface area (Å²) in [5.74, 6) is -1.69. The van der Waals surface area contributed by atoms with Crippen LogP contribution in [0.15, 0.2) is 344 Å². The highest BCUT2D eigenvalue weighted by Crippen LogP contribution is 2.64. The highest BCUT2D eigenvalue weighted by atomic mass is 79.9. The van der Waals surface area contributed by atoms with Crippen molar-refractivity contribution in [2.75, 3.05) is 11.4 Å². The van der Waals surface area contributed by atoms with E-state index in [4.69, 9.17) is 77.2 Å². The first-order valence-electron chi connectivity index (χ1n) is 41.6. The fourth-order valence-corrected chi connectivity index (χ4v) is 23.3. The minimum Gasteiger partial charge on any atom is -0.478 e. The Bertz CT molecular complexity index is 7400. The molecule has 11 N–H and O–H groups in total. The van der Waals surface area contributed by atoms with Crippen molar-refractivity contribution in [1.82, 2.24) is 13.5 Å². The molecule has 0 radical (unpaired) electrons. The van der Waals surface area contributed by atoms with Crippen LogP contribution in [0.25, 0.3) is 11.1 Å². The summed E-state index contributed by atoms with van der Waals surface area (Å²) in [7, 11) is -39.8. The van der Waals surface area contributed by atoms with Crippen molar-refractivity contribution in [2.24, 2.45) is 0 Å². The highest BCUT2D eigenvalue weighted by Gasteiger charge is 2.55. The normalized spacial score (nSPS) is 12.7. The summed E-state index contributed by atoms with van der Waals surface area (Å²) in [5, 5.41) is 9.40. The highest BCUT2D eigenvalue weighted by molar-refractivity contribution is 9.11. The number of hydrogen-bond donors (Lipinski definition) is 11. The Balaban J connectivity index is 0.000000200. The first-order valence-corrected chi connectivity index (χ1v) is 57.1. The van der Waals surface area contributed by atoms with E-state index in [0.29, 0.717) is 28.8 Å². The number of anilines is 1. The number of alkyl halides is 10. The maximum atomic E-state index is 14.2. The van der Waals surface area contributed by atoms with Crippen molar-refractivity contribution in [1.29, 1.82) is 0 Å². The zero-order chi connectivity index (χ0) is 108. The molecule has 0 fully saturated rings. The predicted molar refractivity (Wildman–Crippen MR) is 533 cm³/mol. The van der Waals surface area contributed by atoms with E-state index in [0.717, 1.165) is 84.2 Å². The maximum absolute atomic E-state index is 14.2. The number of carbonyl (C=O) groups excluding carboxylic acids is 1. The second kappa shape index (κ2) is 48.1. The maximum Gasteiger partial charge on any atom is 0.399 e. The Kier molecular flexibility index (Phi) is 39.0. The Hall–Kier alpha value is -9.60. The Labute approximate surface area is 864 Å². The lowest BCUT2D eigenvalue weighted by Gasteiger charge is -2.26. The van der Waals surface area contributed by atoms with Crippen molar-refractivity contribution < 1.29 is 160 Å². The van der Waals surface area contributed by atoms with Crippen molar-refractivity contribution in [3.8, 4) is 11.1 Å². The van der Waals surface area contributed by atoms with Gasteiger partial charge in [0.05, 0.1) is 55.2 Å². The van der Waals surface area contributed by atoms with Gasteiger partial charge in [0.2, 0.25) is 20.0 Å². The number of esters is 1. The topological polar surface area (TPSA) is 467 Å². The molecule has 0 aromatic heterocycles. The average molecular weight is 2420 g/mol. The number of aromatic carboxylic acids is 1. The summed E-state index contributed by atoms with van der Waals surface area (Å²) in [6, 6.07) is 74.7. The van der Waals surface area contributed by atoms with Gasteiger partial charge in [-0.2, -0.15) is 52.5 Å². The third kappa shape index (κ3) is 29.4. The van der Waals surface area contributed by atoms with Gasteiger partial charge >= 0.3 is 78.2 Å². The number of sulfonamides is 3. The zero-order valence-electron chi connectivity index (χ0n) is 74.7. The van der Waals surface area contributed by atoms with E-state index in [1.807, 2.05) is 59.5 Å². The van der Waals surface area contributed by atoms with Crippen LogP contribution >= 0.6 is 109 Å². The third-order valence-electron chi connectivity index (χ3n) is 21.4. The van der Waals surface area contributed by atoms with E-state index in [9.17, 15) is 102 Å². The van der Waals surface area contributed by atoms with Crippen LogP contribution < -0.4 is 4.31 Å². The monoisotopic (exact) mass is 2410 g/mol. The van der Waals surface area contributed by atoms with Crippen LogP contribution in [0.2, 0.25) is 10.0 Å². The van der Waals surface area contributed by atoms with Gasteiger partial charge in [0.1, 0.15) is 0 Å². The lowest BCUT2D eigenvalue weighted by molar-refractivity contribution is 0.0557. The predicted octanol–water partition coefficient (Wildman–Crippen LogP) is 23.0. The standard InChI is InChI=1S/C29H27F4NO6P2.C23H21BrF2NO7PS.C22H19BrF2NO7PS.C20H15BrCl2F2NO5PS/c30-28(31,41(35,36)37)26-14-8-22(9-15-26)19-34(18-21-6-12-25(13-7-21)24-4-2-1-3-5-24)20-23-10-16-27(17-11-23)29(32,33)42(38,39)40;1-34-22(28)18-10-7-16(8-11-18)14-27(36(32,33)19-5-3-2-4-6-19)15-17-9-12-20(21(24)13-17)23(25,26)35(29,30)31;23-20-12-16(8-11-19(20)22(24,25)34(29,30)31)14-26(35(32,33)18-4-2-1-3-5-18)13-15-6-9-17(10-7-15)21(27)28;21-17-10-13(6-8-16(17)20(24,25)32(27,28)29)12-26(14-7-9-18(22)19(23)11-14)33(30,31)15-4-2-1-3-5-15/h1-17H,18-20H2,(H2,35,36,37)(H2,38,39,40);2-13H,14-15H2,1H3,(H2,29,30,31);1-12H,13-14H2,(H,27,28)(H2,29,30,31);1-11H,12H2,(H2,27,28,29). The smallest absolute Gasteiger partial charge is 0.399 e. The number of halogens is 15. The van der Waals surface area contributed by atoms with Gasteiger partial charge in [0.25, 0.3) is 10.0 Å². The van der Waals surface area contributed by atoms with E-state index in [-0.39, 0.29) is 117 Å². The molecule has 0 aliphatic heterocycles. The number of rotatable bonds is 36. The molecule has 146 heavy (non-hydrogen) atoms. The molecule has 0 amide bonds. The van der Waals surface area contributed by atoms with Gasteiger partial charge in [0, 0.05) is 87.0 Å². The Morgan fingerprint density at radius 3 is 0.884 bits per heavy atom. The first kappa shape index (κ1) is 118. The van der Waals surface area contributed by atoms with Crippen LogP contribution in [-0.4, -0.2) is 112 Å². The second-order valence-electron chi connectivity index (χ2n) is 31.8. The quantitative estimate of drug-likeness (QED) is 0.00987. The van der Waals surface area contributed by atoms with Crippen LogP contribution in [0.4, 0.5) is 49.6 Å². The van der Waals surface area contributed by atoms with E-state index in [1.54, 1.807) is 66.7 Å². The molecule has 13 aromatic carbocycles. The van der Waals surface area contributed by atoms with Gasteiger partial charge in [-0.25, -0.2) is 34.8 Å². The molecule has 0 saturated carbocycles. The number of hydrogen-bond acceptors (Lipinski definition) is 15. The number of ether oxygens (including phenoxy) is 1. The Morgan fingerprint density at radius 2 is 0.582 bits per heavy atom. The molecule has 0 saturated heterocycles. The molecule has 13 rings (SSSR count). The van der Waals surface area contributed by atoms with E-state index in [2.05, 4.69) is 52.5 Å².